The molecule has 0 spiro atoms. The zero-order chi connectivity index (χ0) is 13.4. The van der Waals surface area contributed by atoms with Crippen LogP contribution in [0.1, 0.15) is 25.8 Å². The van der Waals surface area contributed by atoms with Gasteiger partial charge in [-0.05, 0) is 48.6 Å². The maximum Gasteiger partial charge on any atom is 0.0670 e. The Labute approximate surface area is 114 Å². The Kier molecular flexibility index (Phi) is 6.45. The Balaban J connectivity index is 2.56. The molecular weight excluding hydrogens is 242 g/mol. The molecule has 0 aromatic heterocycles. The molecule has 0 bridgehead atoms. The Bertz CT molecular complexity index is 412. The Hall–Kier alpha value is -1.34. The number of nitriles is 1. The topological polar surface area (TPSA) is 61.8 Å². The molecule has 98 valence electrons. The molecule has 18 heavy (non-hydrogen) atoms. The van der Waals surface area contributed by atoms with Gasteiger partial charge < -0.3 is 11.1 Å². The van der Waals surface area contributed by atoms with Gasteiger partial charge in [-0.15, -0.1) is 0 Å². The van der Waals surface area contributed by atoms with E-state index in [1.54, 1.807) is 0 Å². The summed E-state index contributed by atoms with van der Waals surface area (Å²) in [5.41, 5.74) is 8.46. The van der Waals surface area contributed by atoms with Crippen LogP contribution in [0, 0.1) is 11.3 Å². The number of anilines is 2. The monoisotopic (exact) mass is 263 g/mol. The Morgan fingerprint density at radius 1 is 1.50 bits per heavy atom. The van der Waals surface area contributed by atoms with Crippen molar-refractivity contribution in [2.45, 2.75) is 32.7 Å². The smallest absolute Gasteiger partial charge is 0.0670 e. The van der Waals surface area contributed by atoms with E-state index in [1.807, 2.05) is 30.0 Å². The third-order valence-electron chi connectivity index (χ3n) is 2.72. The van der Waals surface area contributed by atoms with Gasteiger partial charge in [-0.2, -0.15) is 17.0 Å². The van der Waals surface area contributed by atoms with Crippen molar-refractivity contribution in [3.8, 4) is 6.07 Å². The molecule has 0 fully saturated rings. The molecule has 0 aliphatic rings. The van der Waals surface area contributed by atoms with Gasteiger partial charge in [0.25, 0.3) is 0 Å². The number of thioether (sulfide) groups is 1. The van der Waals surface area contributed by atoms with Crippen molar-refractivity contribution in [3.05, 3.63) is 23.8 Å². The van der Waals surface area contributed by atoms with Crippen molar-refractivity contribution in [2.75, 3.05) is 22.6 Å². The number of hydrogen-bond acceptors (Lipinski definition) is 4. The van der Waals surface area contributed by atoms with E-state index in [9.17, 15) is 0 Å². The van der Waals surface area contributed by atoms with Crippen LogP contribution < -0.4 is 11.1 Å². The largest absolute Gasteiger partial charge is 0.398 e. The molecule has 0 heterocycles. The number of nitrogen functional groups attached to an aromatic ring is 1. The first-order valence-corrected chi connectivity index (χ1v) is 7.42. The molecule has 1 unspecified atom stereocenters. The fourth-order valence-corrected chi connectivity index (χ4v) is 2.50. The van der Waals surface area contributed by atoms with Crippen molar-refractivity contribution < 1.29 is 0 Å². The fraction of sp³-hybridized carbons (Fsp3) is 0.500. The molecule has 0 saturated carbocycles. The lowest BCUT2D eigenvalue weighted by atomic mass is 10.1. The third kappa shape index (κ3) is 4.89. The van der Waals surface area contributed by atoms with E-state index >= 15 is 0 Å². The molecule has 4 heteroatoms. The summed E-state index contributed by atoms with van der Waals surface area (Å²) >= 11 is 1.96. The van der Waals surface area contributed by atoms with E-state index < -0.39 is 0 Å². The number of benzene rings is 1. The Morgan fingerprint density at radius 3 is 2.94 bits per heavy atom. The van der Waals surface area contributed by atoms with Crippen LogP contribution in [0.4, 0.5) is 11.4 Å². The van der Waals surface area contributed by atoms with Crippen LogP contribution in [0.15, 0.2) is 18.2 Å². The third-order valence-corrected chi connectivity index (χ3v) is 3.66. The number of nitrogens with one attached hydrogen (secondary N) is 1. The van der Waals surface area contributed by atoms with Crippen molar-refractivity contribution in [1.82, 2.24) is 0 Å². The molecule has 3 nitrogen and oxygen atoms in total. The van der Waals surface area contributed by atoms with E-state index in [0.717, 1.165) is 17.7 Å². The van der Waals surface area contributed by atoms with Crippen molar-refractivity contribution >= 4 is 23.1 Å². The molecule has 0 saturated heterocycles. The van der Waals surface area contributed by atoms with Gasteiger partial charge in [0.1, 0.15) is 0 Å². The maximum absolute atomic E-state index is 8.73. The summed E-state index contributed by atoms with van der Waals surface area (Å²) in [6, 6.07) is 8.38. The minimum absolute atomic E-state index is 0.363. The first kappa shape index (κ1) is 14.7. The highest BCUT2D eigenvalue weighted by Gasteiger charge is 2.04. The number of rotatable bonds is 7. The van der Waals surface area contributed by atoms with Gasteiger partial charge in [-0.1, -0.05) is 6.92 Å². The lowest BCUT2D eigenvalue weighted by molar-refractivity contribution is 0.771. The van der Waals surface area contributed by atoms with Gasteiger partial charge in [-0.3, -0.25) is 0 Å². The first-order valence-electron chi connectivity index (χ1n) is 6.27. The maximum atomic E-state index is 8.73. The molecule has 1 atom stereocenters. The molecule has 1 aromatic carbocycles. The standard InChI is InChI=1S/C14H21N3S/c1-3-18-9-7-11(2)17-13-4-5-14(16)12(10-13)6-8-15/h4-5,10-11,17H,3,6-7,9,16H2,1-2H3. The summed E-state index contributed by atoms with van der Waals surface area (Å²) in [5.74, 6) is 2.34. The van der Waals surface area contributed by atoms with Crippen molar-refractivity contribution in [2.24, 2.45) is 0 Å². The van der Waals surface area contributed by atoms with Gasteiger partial charge in [0.2, 0.25) is 0 Å². The van der Waals surface area contributed by atoms with Crippen LogP contribution in [-0.4, -0.2) is 17.5 Å². The predicted octanol–water partition coefficient (Wildman–Crippen LogP) is 3.28. The van der Waals surface area contributed by atoms with Crippen LogP contribution in [0.25, 0.3) is 0 Å². The summed E-state index contributed by atoms with van der Waals surface area (Å²) in [6.45, 7) is 4.35. The zero-order valence-corrected chi connectivity index (χ0v) is 11.9. The van der Waals surface area contributed by atoms with Crippen LogP contribution in [0.5, 0.6) is 0 Å². The number of hydrogen-bond donors (Lipinski definition) is 2. The fourth-order valence-electron chi connectivity index (χ4n) is 1.69. The van der Waals surface area contributed by atoms with Crippen LogP contribution in [0.3, 0.4) is 0 Å². The van der Waals surface area contributed by atoms with E-state index in [1.165, 1.54) is 11.5 Å². The van der Waals surface area contributed by atoms with Gasteiger partial charge in [0, 0.05) is 17.4 Å². The van der Waals surface area contributed by atoms with Gasteiger partial charge in [0.15, 0.2) is 0 Å². The van der Waals surface area contributed by atoms with Crippen molar-refractivity contribution in [1.29, 1.82) is 5.26 Å². The summed E-state index contributed by atoms with van der Waals surface area (Å²) < 4.78 is 0. The van der Waals surface area contributed by atoms with Crippen molar-refractivity contribution in [3.63, 3.8) is 0 Å². The van der Waals surface area contributed by atoms with Gasteiger partial charge in [-0.25, -0.2) is 0 Å². The van der Waals surface area contributed by atoms with Gasteiger partial charge in [0.05, 0.1) is 12.5 Å². The normalized spacial score (nSPS) is 11.8. The summed E-state index contributed by atoms with van der Waals surface area (Å²) in [4.78, 5) is 0. The van der Waals surface area contributed by atoms with Crippen LogP contribution in [0.2, 0.25) is 0 Å². The predicted molar refractivity (Wildman–Crippen MR) is 80.9 cm³/mol. The summed E-state index contributed by atoms with van der Waals surface area (Å²) in [5, 5.41) is 12.2. The molecule has 0 amide bonds. The van der Waals surface area contributed by atoms with Gasteiger partial charge >= 0.3 is 0 Å². The number of nitrogens with two attached hydrogens (primary N) is 1. The van der Waals surface area contributed by atoms with E-state index in [2.05, 4.69) is 25.2 Å². The minimum atomic E-state index is 0.363. The second-order valence-electron chi connectivity index (χ2n) is 4.28. The molecule has 1 rings (SSSR count). The molecular formula is C14H21N3S. The lowest BCUT2D eigenvalue weighted by Gasteiger charge is -2.16. The average Bonchev–Trinajstić information content (AvgIpc) is 2.34. The summed E-state index contributed by atoms with van der Waals surface area (Å²) in [7, 11) is 0. The highest BCUT2D eigenvalue weighted by atomic mass is 32.2. The molecule has 0 aliphatic carbocycles. The second-order valence-corrected chi connectivity index (χ2v) is 5.67. The SMILES string of the molecule is CCSCCC(C)Nc1ccc(N)c(CC#N)c1. The minimum Gasteiger partial charge on any atom is -0.398 e. The highest BCUT2D eigenvalue weighted by molar-refractivity contribution is 7.99. The second kappa shape index (κ2) is 7.88. The first-order chi connectivity index (χ1) is 8.67. The van der Waals surface area contributed by atoms with E-state index in [0.29, 0.717) is 18.2 Å². The zero-order valence-electron chi connectivity index (χ0n) is 11.1. The quantitative estimate of drug-likeness (QED) is 0.585. The average molecular weight is 263 g/mol. The van der Waals surface area contributed by atoms with E-state index in [4.69, 9.17) is 11.0 Å². The molecule has 3 N–H and O–H groups in total. The molecule has 1 aromatic rings. The lowest BCUT2D eigenvalue weighted by Crippen LogP contribution is -2.16. The number of nitrogens with zero attached hydrogens (tertiary/aromatic N) is 1. The van der Waals surface area contributed by atoms with E-state index in [-0.39, 0.29) is 0 Å². The van der Waals surface area contributed by atoms with Crippen LogP contribution in [-0.2, 0) is 6.42 Å². The van der Waals surface area contributed by atoms with Crippen LogP contribution >= 0.6 is 11.8 Å². The highest BCUT2D eigenvalue weighted by Crippen LogP contribution is 2.19. The molecule has 0 radical (unpaired) electrons. The molecule has 0 aliphatic heterocycles. The summed E-state index contributed by atoms with van der Waals surface area (Å²) in [6.07, 6.45) is 1.50. The Morgan fingerprint density at radius 2 is 2.28 bits per heavy atom.